The van der Waals surface area contributed by atoms with Crippen molar-refractivity contribution >= 4 is 40.4 Å². The van der Waals surface area contributed by atoms with E-state index in [1.54, 1.807) is 12.2 Å². The minimum Gasteiger partial charge on any atom is -0.383 e. The standard InChI is InChI=1S/C9H10ClN3OS/c1-6(14)15-4-2-3-7-8(10)12-5-13-9(7)11/h2-3,5H,4H2,1H3,(H2,11,12,13). The van der Waals surface area contributed by atoms with E-state index in [1.807, 2.05) is 0 Å². The van der Waals surface area contributed by atoms with Gasteiger partial charge in [0.2, 0.25) is 0 Å². The molecular formula is C9H10ClN3OS. The topological polar surface area (TPSA) is 68.9 Å². The Bertz CT molecular complexity index is 375. The molecule has 0 aliphatic rings. The highest BCUT2D eigenvalue weighted by molar-refractivity contribution is 8.13. The highest BCUT2D eigenvalue weighted by Crippen LogP contribution is 2.18. The van der Waals surface area contributed by atoms with Crippen LogP contribution < -0.4 is 5.73 Å². The number of nitrogens with two attached hydrogens (primary N) is 1. The number of hydrogen-bond donors (Lipinski definition) is 1. The van der Waals surface area contributed by atoms with E-state index in [0.717, 1.165) is 0 Å². The van der Waals surface area contributed by atoms with Crippen LogP contribution in [-0.4, -0.2) is 20.8 Å². The molecule has 0 atom stereocenters. The molecule has 0 bridgehead atoms. The smallest absolute Gasteiger partial charge is 0.186 e. The van der Waals surface area contributed by atoms with Crippen molar-refractivity contribution in [2.45, 2.75) is 6.92 Å². The van der Waals surface area contributed by atoms with Gasteiger partial charge in [-0.05, 0) is 0 Å². The van der Waals surface area contributed by atoms with Crippen molar-refractivity contribution in [1.82, 2.24) is 9.97 Å². The monoisotopic (exact) mass is 243 g/mol. The van der Waals surface area contributed by atoms with Gasteiger partial charge in [0.15, 0.2) is 5.12 Å². The Kier molecular flexibility index (Phi) is 4.58. The van der Waals surface area contributed by atoms with E-state index < -0.39 is 0 Å². The zero-order valence-corrected chi connectivity index (χ0v) is 9.68. The fourth-order valence-electron chi connectivity index (χ4n) is 0.872. The van der Waals surface area contributed by atoms with Gasteiger partial charge in [-0.2, -0.15) is 0 Å². The molecule has 0 unspecified atom stereocenters. The van der Waals surface area contributed by atoms with E-state index in [0.29, 0.717) is 22.3 Å². The largest absolute Gasteiger partial charge is 0.383 e. The van der Waals surface area contributed by atoms with Crippen molar-refractivity contribution in [2.24, 2.45) is 0 Å². The summed E-state index contributed by atoms with van der Waals surface area (Å²) in [6.45, 7) is 1.52. The third-order valence-electron chi connectivity index (χ3n) is 1.53. The molecule has 4 nitrogen and oxygen atoms in total. The summed E-state index contributed by atoms with van der Waals surface area (Å²) in [5.41, 5.74) is 6.19. The Hall–Kier alpha value is -1.07. The quantitative estimate of drug-likeness (QED) is 0.823. The molecule has 2 N–H and O–H groups in total. The molecule has 1 aromatic rings. The maximum atomic E-state index is 10.6. The Morgan fingerprint density at radius 1 is 1.67 bits per heavy atom. The maximum absolute atomic E-state index is 10.6. The van der Waals surface area contributed by atoms with Gasteiger partial charge < -0.3 is 5.73 Å². The summed E-state index contributed by atoms with van der Waals surface area (Å²) in [5.74, 6) is 0.916. The third-order valence-corrected chi connectivity index (χ3v) is 2.60. The molecule has 0 amide bonds. The van der Waals surface area contributed by atoms with Crippen LogP contribution in [0, 0.1) is 0 Å². The minimum atomic E-state index is 0.0723. The molecule has 15 heavy (non-hydrogen) atoms. The van der Waals surface area contributed by atoms with Gasteiger partial charge in [-0.3, -0.25) is 4.79 Å². The molecule has 6 heteroatoms. The first-order valence-corrected chi connectivity index (χ1v) is 5.53. The van der Waals surface area contributed by atoms with Crippen LogP contribution in [0.15, 0.2) is 12.4 Å². The Morgan fingerprint density at radius 2 is 2.40 bits per heavy atom. The number of aromatic nitrogens is 2. The fourth-order valence-corrected chi connectivity index (χ4v) is 1.50. The number of nitrogen functional groups attached to an aromatic ring is 1. The predicted molar refractivity (Wildman–Crippen MR) is 63.6 cm³/mol. The van der Waals surface area contributed by atoms with Gasteiger partial charge in [-0.15, -0.1) is 0 Å². The van der Waals surface area contributed by atoms with Crippen LogP contribution in [0.5, 0.6) is 0 Å². The molecule has 0 aromatic carbocycles. The predicted octanol–water partition coefficient (Wildman–Crippen LogP) is 2.01. The van der Waals surface area contributed by atoms with Gasteiger partial charge in [0.25, 0.3) is 0 Å². The highest BCUT2D eigenvalue weighted by atomic mass is 35.5. The van der Waals surface area contributed by atoms with E-state index in [4.69, 9.17) is 17.3 Å². The van der Waals surface area contributed by atoms with E-state index in [1.165, 1.54) is 25.0 Å². The third kappa shape index (κ3) is 3.89. The van der Waals surface area contributed by atoms with Crippen LogP contribution in [0.3, 0.4) is 0 Å². The van der Waals surface area contributed by atoms with Crippen LogP contribution in [-0.2, 0) is 4.79 Å². The second kappa shape index (κ2) is 5.72. The summed E-state index contributed by atoms with van der Waals surface area (Å²) >= 11 is 7.03. The molecule has 0 saturated heterocycles. The van der Waals surface area contributed by atoms with Crippen molar-refractivity contribution in [3.63, 3.8) is 0 Å². The number of rotatable bonds is 3. The van der Waals surface area contributed by atoms with E-state index >= 15 is 0 Å². The van der Waals surface area contributed by atoms with Crippen LogP contribution in [0.1, 0.15) is 12.5 Å². The van der Waals surface area contributed by atoms with Crippen molar-refractivity contribution in [3.8, 4) is 0 Å². The second-order valence-corrected chi connectivity index (χ2v) is 4.22. The lowest BCUT2D eigenvalue weighted by molar-refractivity contribution is -0.109. The van der Waals surface area contributed by atoms with Crippen LogP contribution in [0.4, 0.5) is 5.82 Å². The number of hydrogen-bond acceptors (Lipinski definition) is 5. The normalized spacial score (nSPS) is 10.8. The van der Waals surface area contributed by atoms with Gasteiger partial charge in [0, 0.05) is 12.7 Å². The van der Waals surface area contributed by atoms with Crippen LogP contribution >= 0.6 is 23.4 Å². The van der Waals surface area contributed by atoms with E-state index in [9.17, 15) is 4.79 Å². The summed E-state index contributed by atoms with van der Waals surface area (Å²) < 4.78 is 0. The Labute approximate surface area is 96.9 Å². The maximum Gasteiger partial charge on any atom is 0.186 e. The molecule has 0 aliphatic heterocycles. The number of carbonyl (C=O) groups excluding carboxylic acids is 1. The molecule has 0 radical (unpaired) electrons. The van der Waals surface area contributed by atoms with E-state index in [-0.39, 0.29) is 5.12 Å². The van der Waals surface area contributed by atoms with Crippen LogP contribution in [0.25, 0.3) is 6.08 Å². The SMILES string of the molecule is CC(=O)SCC=Cc1c(N)ncnc1Cl. The number of carbonyl (C=O) groups is 1. The fraction of sp³-hybridized carbons (Fsp3) is 0.222. The first-order chi connectivity index (χ1) is 7.11. The Morgan fingerprint density at radius 3 is 3.00 bits per heavy atom. The second-order valence-electron chi connectivity index (χ2n) is 2.67. The summed E-state index contributed by atoms with van der Waals surface area (Å²) in [7, 11) is 0. The summed E-state index contributed by atoms with van der Waals surface area (Å²) in [6, 6.07) is 0. The highest BCUT2D eigenvalue weighted by Gasteiger charge is 2.02. The molecule has 0 spiro atoms. The van der Waals surface area contributed by atoms with Gasteiger partial charge in [0.05, 0.1) is 5.56 Å². The van der Waals surface area contributed by atoms with Gasteiger partial charge in [-0.25, -0.2) is 9.97 Å². The Balaban J connectivity index is 2.67. The molecule has 0 aliphatic carbocycles. The molecule has 0 saturated carbocycles. The lowest BCUT2D eigenvalue weighted by Gasteiger charge is -1.99. The zero-order valence-electron chi connectivity index (χ0n) is 8.11. The minimum absolute atomic E-state index is 0.0723. The lowest BCUT2D eigenvalue weighted by Crippen LogP contribution is -1.95. The lowest BCUT2D eigenvalue weighted by atomic mass is 10.3. The summed E-state index contributed by atoms with van der Waals surface area (Å²) in [6.07, 6.45) is 4.82. The van der Waals surface area contributed by atoms with Crippen molar-refractivity contribution in [2.75, 3.05) is 11.5 Å². The van der Waals surface area contributed by atoms with Crippen LogP contribution in [0.2, 0.25) is 5.15 Å². The number of halogens is 1. The summed E-state index contributed by atoms with van der Waals surface area (Å²) in [4.78, 5) is 18.3. The molecule has 1 heterocycles. The summed E-state index contributed by atoms with van der Waals surface area (Å²) in [5, 5.41) is 0.384. The molecule has 80 valence electrons. The van der Waals surface area contributed by atoms with Gasteiger partial charge in [-0.1, -0.05) is 35.5 Å². The molecule has 1 aromatic heterocycles. The number of thioether (sulfide) groups is 1. The zero-order chi connectivity index (χ0) is 11.3. The van der Waals surface area contributed by atoms with Gasteiger partial charge in [0.1, 0.15) is 17.3 Å². The average Bonchev–Trinajstić information content (AvgIpc) is 2.15. The molecular weight excluding hydrogens is 234 g/mol. The first kappa shape index (κ1) is 12.0. The molecule has 0 fully saturated rings. The number of anilines is 1. The van der Waals surface area contributed by atoms with Gasteiger partial charge >= 0.3 is 0 Å². The first-order valence-electron chi connectivity index (χ1n) is 4.17. The van der Waals surface area contributed by atoms with Crippen molar-refractivity contribution < 1.29 is 4.79 Å². The van der Waals surface area contributed by atoms with Crippen molar-refractivity contribution in [1.29, 1.82) is 0 Å². The van der Waals surface area contributed by atoms with Crippen molar-refractivity contribution in [3.05, 3.63) is 23.1 Å². The van der Waals surface area contributed by atoms with E-state index in [2.05, 4.69) is 9.97 Å². The molecule has 1 rings (SSSR count). The number of nitrogens with zero attached hydrogens (tertiary/aromatic N) is 2. The average molecular weight is 244 g/mol.